The Labute approximate surface area is 162 Å². The minimum absolute atomic E-state index is 0.414. The van der Waals surface area contributed by atoms with Crippen molar-refractivity contribution in [3.05, 3.63) is 52.1 Å². The van der Waals surface area contributed by atoms with E-state index in [0.29, 0.717) is 5.65 Å². The molecule has 0 amide bonds. The monoisotopic (exact) mass is 456 g/mol. The Balaban J connectivity index is 1.89. The summed E-state index contributed by atoms with van der Waals surface area (Å²) < 4.78 is 8.10. The molecule has 5 heterocycles. The fraction of sp³-hybridized carbons (Fsp3) is 0.158. The van der Waals surface area contributed by atoms with Crippen LogP contribution >= 0.6 is 22.6 Å². The Morgan fingerprint density at radius 1 is 1.15 bits per heavy atom. The maximum absolute atomic E-state index is 12.7. The predicted octanol–water partition coefficient (Wildman–Crippen LogP) is 4.48. The number of hydrogen-bond acceptors (Lipinski definition) is 5. The van der Waals surface area contributed by atoms with Crippen LogP contribution in [-0.2, 0) is 10.3 Å². The van der Waals surface area contributed by atoms with E-state index >= 15 is 0 Å². The first-order valence-electron chi connectivity index (χ1n) is 8.10. The quantitative estimate of drug-likeness (QED) is 0.312. The minimum Gasteiger partial charge on any atom is -0.438 e. The van der Waals surface area contributed by atoms with Crippen LogP contribution in [0.4, 0.5) is 4.79 Å². The second-order valence-corrected chi connectivity index (χ2v) is 7.84. The van der Waals surface area contributed by atoms with Gasteiger partial charge in [-0.1, -0.05) is 0 Å². The molecule has 128 valence electrons. The van der Waals surface area contributed by atoms with Gasteiger partial charge in [-0.25, -0.2) is 14.3 Å². The number of rotatable bonds is 1. The van der Waals surface area contributed by atoms with E-state index in [1.54, 1.807) is 23.2 Å². The van der Waals surface area contributed by atoms with E-state index in [-0.39, 0.29) is 0 Å². The lowest BCUT2D eigenvalue weighted by Crippen LogP contribution is -2.33. The van der Waals surface area contributed by atoms with Crippen molar-refractivity contribution in [2.75, 3.05) is 0 Å². The van der Waals surface area contributed by atoms with Crippen LogP contribution in [0.5, 0.6) is 0 Å². The molecule has 0 bridgehead atoms. The summed E-state index contributed by atoms with van der Waals surface area (Å²) in [4.78, 5) is 26.1. The Hall–Kier alpha value is -2.55. The number of carbonyl (C=O) groups is 1. The molecule has 26 heavy (non-hydrogen) atoms. The fourth-order valence-corrected chi connectivity index (χ4v) is 3.98. The lowest BCUT2D eigenvalue weighted by atomic mass is 9.97. The Kier molecular flexibility index (Phi) is 3.15. The van der Waals surface area contributed by atoms with Gasteiger partial charge in [0.25, 0.3) is 0 Å². The number of hydrogen-bond donors (Lipinski definition) is 0. The summed E-state index contributed by atoms with van der Waals surface area (Å²) in [5.41, 5.74) is 3.30. The van der Waals surface area contributed by atoms with Crippen LogP contribution in [-0.4, -0.2) is 25.6 Å². The number of nitrogens with zero attached hydrogens (tertiary/aromatic N) is 4. The van der Waals surface area contributed by atoms with E-state index in [1.165, 1.54) is 0 Å². The summed E-state index contributed by atoms with van der Waals surface area (Å²) in [6.45, 7) is 3.75. The standard InChI is InChI=1S/C19H13IN4O2/c1-19(2)13-9-21-8-12-11-3-4-14(10-5-6-22-15(20)7-10)23-17(11)24(16(12)13)18(25)26-19/h3-9H,1-2H3. The molecule has 4 aromatic rings. The third-order valence-corrected chi connectivity index (χ3v) is 5.30. The first kappa shape index (κ1) is 15.7. The zero-order valence-corrected chi connectivity index (χ0v) is 16.2. The van der Waals surface area contributed by atoms with Gasteiger partial charge in [-0.2, -0.15) is 0 Å². The van der Waals surface area contributed by atoms with Gasteiger partial charge in [0, 0.05) is 40.5 Å². The summed E-state index contributed by atoms with van der Waals surface area (Å²) >= 11 is 2.17. The molecule has 1 aliphatic heterocycles. The molecule has 0 radical (unpaired) electrons. The number of pyridine rings is 3. The van der Waals surface area contributed by atoms with Crippen LogP contribution in [0, 0.1) is 3.70 Å². The van der Waals surface area contributed by atoms with Gasteiger partial charge in [-0.3, -0.25) is 9.97 Å². The maximum Gasteiger partial charge on any atom is 0.421 e. The summed E-state index contributed by atoms with van der Waals surface area (Å²) in [6.07, 6.45) is 4.88. The average Bonchev–Trinajstić information content (AvgIpc) is 2.94. The SMILES string of the molecule is CC1(C)OC(=O)n2c3nc(-c4ccnc(I)c4)ccc3c3cncc1c32. The molecule has 0 atom stereocenters. The molecule has 0 aliphatic carbocycles. The van der Waals surface area contributed by atoms with Gasteiger partial charge < -0.3 is 4.74 Å². The van der Waals surface area contributed by atoms with E-state index in [0.717, 1.165) is 36.8 Å². The van der Waals surface area contributed by atoms with E-state index < -0.39 is 11.7 Å². The van der Waals surface area contributed by atoms with Crippen LogP contribution in [0.1, 0.15) is 19.4 Å². The number of cyclic esters (lactones) is 1. The van der Waals surface area contributed by atoms with Gasteiger partial charge in [0.1, 0.15) is 9.30 Å². The van der Waals surface area contributed by atoms with Gasteiger partial charge in [-0.05, 0) is 60.7 Å². The highest BCUT2D eigenvalue weighted by molar-refractivity contribution is 14.1. The van der Waals surface area contributed by atoms with Crippen LogP contribution in [0.3, 0.4) is 0 Å². The highest BCUT2D eigenvalue weighted by Crippen LogP contribution is 2.40. The van der Waals surface area contributed by atoms with E-state index in [2.05, 4.69) is 32.6 Å². The summed E-state index contributed by atoms with van der Waals surface area (Å²) in [7, 11) is 0. The molecule has 4 aromatic heterocycles. The van der Waals surface area contributed by atoms with E-state index in [4.69, 9.17) is 9.72 Å². The Morgan fingerprint density at radius 2 is 2.00 bits per heavy atom. The smallest absolute Gasteiger partial charge is 0.421 e. The summed E-state index contributed by atoms with van der Waals surface area (Å²) in [5, 5.41) is 1.79. The van der Waals surface area contributed by atoms with Gasteiger partial charge in [0.15, 0.2) is 5.65 Å². The molecular weight excluding hydrogens is 443 g/mol. The largest absolute Gasteiger partial charge is 0.438 e. The van der Waals surface area contributed by atoms with Gasteiger partial charge >= 0.3 is 6.09 Å². The van der Waals surface area contributed by atoms with Crippen molar-refractivity contribution in [1.29, 1.82) is 0 Å². The first-order chi connectivity index (χ1) is 12.5. The van der Waals surface area contributed by atoms with Crippen molar-refractivity contribution in [3.63, 3.8) is 0 Å². The zero-order valence-electron chi connectivity index (χ0n) is 14.0. The number of ether oxygens (including phenoxy) is 1. The topological polar surface area (TPSA) is 69.9 Å². The Bertz CT molecular complexity index is 1230. The second-order valence-electron chi connectivity index (χ2n) is 6.73. The van der Waals surface area contributed by atoms with Crippen molar-refractivity contribution in [3.8, 4) is 11.3 Å². The highest BCUT2D eigenvalue weighted by atomic mass is 127. The maximum atomic E-state index is 12.7. The lowest BCUT2D eigenvalue weighted by molar-refractivity contribution is 0.0336. The molecule has 7 heteroatoms. The van der Waals surface area contributed by atoms with Crippen molar-refractivity contribution >= 4 is 50.6 Å². The van der Waals surface area contributed by atoms with Crippen molar-refractivity contribution in [2.45, 2.75) is 19.4 Å². The Morgan fingerprint density at radius 3 is 2.81 bits per heavy atom. The molecule has 0 saturated heterocycles. The average molecular weight is 456 g/mol. The molecule has 0 aromatic carbocycles. The number of carbonyl (C=O) groups excluding carboxylic acids is 1. The third kappa shape index (κ3) is 2.09. The first-order valence-corrected chi connectivity index (χ1v) is 9.18. The molecule has 0 fully saturated rings. The normalized spacial score (nSPS) is 15.4. The van der Waals surface area contributed by atoms with Crippen molar-refractivity contribution in [2.24, 2.45) is 0 Å². The highest BCUT2D eigenvalue weighted by Gasteiger charge is 2.37. The minimum atomic E-state index is -0.724. The number of aromatic nitrogens is 4. The van der Waals surface area contributed by atoms with Gasteiger partial charge in [-0.15, -0.1) is 0 Å². The number of halogens is 1. The second kappa shape index (κ2) is 5.23. The van der Waals surface area contributed by atoms with Crippen LogP contribution in [0.25, 0.3) is 33.2 Å². The summed E-state index contributed by atoms with van der Waals surface area (Å²) in [5.74, 6) is 0. The molecule has 5 rings (SSSR count). The summed E-state index contributed by atoms with van der Waals surface area (Å²) in [6, 6.07) is 7.81. The van der Waals surface area contributed by atoms with Gasteiger partial charge in [0.2, 0.25) is 0 Å². The fourth-order valence-electron chi connectivity index (χ4n) is 3.49. The van der Waals surface area contributed by atoms with Crippen molar-refractivity contribution < 1.29 is 9.53 Å². The lowest BCUT2D eigenvalue weighted by Gasteiger charge is -2.30. The van der Waals surface area contributed by atoms with Crippen LogP contribution < -0.4 is 0 Å². The molecule has 0 N–H and O–H groups in total. The molecule has 1 aliphatic rings. The number of fused-ring (bicyclic) bond motifs is 3. The molecular formula is C19H13IN4O2. The van der Waals surface area contributed by atoms with Crippen LogP contribution in [0.15, 0.2) is 42.9 Å². The predicted molar refractivity (Wildman–Crippen MR) is 106 cm³/mol. The molecule has 0 spiro atoms. The van der Waals surface area contributed by atoms with Gasteiger partial charge in [0.05, 0.1) is 11.2 Å². The van der Waals surface area contributed by atoms with E-state index in [1.807, 2.05) is 38.1 Å². The molecule has 0 saturated carbocycles. The van der Waals surface area contributed by atoms with Crippen LogP contribution in [0.2, 0.25) is 0 Å². The molecule has 0 unspecified atom stereocenters. The van der Waals surface area contributed by atoms with E-state index in [9.17, 15) is 4.79 Å². The third-order valence-electron chi connectivity index (χ3n) is 4.71. The zero-order chi connectivity index (χ0) is 18.1. The van der Waals surface area contributed by atoms with Crippen molar-refractivity contribution in [1.82, 2.24) is 19.5 Å². The molecule has 6 nitrogen and oxygen atoms in total.